The molecule has 2 N–H and O–H groups in total. The molecule has 0 fully saturated rings. The van der Waals surface area contributed by atoms with Crippen molar-refractivity contribution in [3.05, 3.63) is 90.6 Å². The maximum absolute atomic E-state index is 13.8. The second-order valence-corrected chi connectivity index (χ2v) is 7.94. The van der Waals surface area contributed by atoms with Crippen LogP contribution in [-0.2, 0) is 16.6 Å². The first kappa shape index (κ1) is 19.8. The van der Waals surface area contributed by atoms with Gasteiger partial charge in [-0.1, -0.05) is 54.6 Å². The zero-order valence-electron chi connectivity index (χ0n) is 15.7. The summed E-state index contributed by atoms with van der Waals surface area (Å²) >= 11 is 0. The van der Waals surface area contributed by atoms with Gasteiger partial charge in [0.1, 0.15) is 5.69 Å². The molecule has 8 heteroatoms. The summed E-state index contributed by atoms with van der Waals surface area (Å²) in [5.41, 5.74) is 1.43. The highest BCUT2D eigenvalue weighted by Gasteiger charge is 2.23. The lowest BCUT2D eigenvalue weighted by Gasteiger charge is -2.07. The van der Waals surface area contributed by atoms with Crippen molar-refractivity contribution in [1.29, 1.82) is 0 Å². The molecule has 4 aromatic rings. The van der Waals surface area contributed by atoms with Gasteiger partial charge >= 0.3 is 0 Å². The fourth-order valence-electron chi connectivity index (χ4n) is 3.00. The molecule has 0 spiro atoms. The van der Waals surface area contributed by atoms with Crippen LogP contribution in [0.3, 0.4) is 0 Å². The lowest BCUT2D eigenvalue weighted by atomic mass is 10.1. The maximum atomic E-state index is 13.8. The Morgan fingerprint density at radius 3 is 2.33 bits per heavy atom. The summed E-state index contributed by atoms with van der Waals surface area (Å²) in [7, 11) is -4.00. The summed E-state index contributed by atoms with van der Waals surface area (Å²) in [6.45, 7) is -0.141. The molecule has 152 valence electrons. The Bertz CT molecular complexity index is 1290. The molecule has 1 aromatic heterocycles. The van der Waals surface area contributed by atoms with Crippen molar-refractivity contribution in [3.8, 4) is 28.3 Å². The van der Waals surface area contributed by atoms with Crippen molar-refractivity contribution in [2.24, 2.45) is 5.14 Å². The predicted octanol–water partition coefficient (Wildman–Crippen LogP) is 4.37. The smallest absolute Gasteiger partial charge is 0.238 e. The van der Waals surface area contributed by atoms with Gasteiger partial charge in [0.05, 0.1) is 4.90 Å². The molecular formula is C22H17FN2O4S. The maximum Gasteiger partial charge on any atom is 0.238 e. The Kier molecular flexibility index (Phi) is 5.35. The highest BCUT2D eigenvalue weighted by atomic mass is 32.2. The quantitative estimate of drug-likeness (QED) is 0.496. The minimum absolute atomic E-state index is 0.0587. The second kappa shape index (κ2) is 8.10. The molecule has 0 unspecified atom stereocenters. The molecule has 0 saturated carbocycles. The van der Waals surface area contributed by atoms with Gasteiger partial charge in [-0.15, -0.1) is 0 Å². The lowest BCUT2D eigenvalue weighted by molar-refractivity contribution is 0.253. The van der Waals surface area contributed by atoms with E-state index in [0.29, 0.717) is 5.69 Å². The molecule has 0 amide bonds. The van der Waals surface area contributed by atoms with Crippen LogP contribution in [0.2, 0.25) is 0 Å². The molecule has 0 aliphatic carbocycles. The Morgan fingerprint density at radius 1 is 0.933 bits per heavy atom. The molecule has 0 radical (unpaired) electrons. The molecule has 0 aliphatic heterocycles. The van der Waals surface area contributed by atoms with Gasteiger partial charge in [-0.25, -0.2) is 22.9 Å². The first-order valence-corrected chi connectivity index (χ1v) is 10.5. The monoisotopic (exact) mass is 424 g/mol. The summed E-state index contributed by atoms with van der Waals surface area (Å²) in [5, 5.41) is 5.39. The molecule has 6 nitrogen and oxygen atoms in total. The number of halogens is 1. The number of aromatic nitrogens is 1. The van der Waals surface area contributed by atoms with Gasteiger partial charge in [0.25, 0.3) is 0 Å². The average molecular weight is 424 g/mol. The van der Waals surface area contributed by atoms with E-state index < -0.39 is 15.8 Å². The molecule has 0 aliphatic rings. The van der Waals surface area contributed by atoms with Gasteiger partial charge in [-0.2, -0.15) is 0 Å². The summed E-state index contributed by atoms with van der Waals surface area (Å²) < 4.78 is 49.4. The Hall–Kier alpha value is -3.49. The number of nitrogens with two attached hydrogens (primary N) is 1. The normalized spacial score (nSPS) is 11.4. The lowest BCUT2D eigenvalue weighted by Crippen LogP contribution is -2.13. The van der Waals surface area contributed by atoms with E-state index in [9.17, 15) is 12.8 Å². The van der Waals surface area contributed by atoms with Crippen LogP contribution < -0.4 is 9.88 Å². The highest BCUT2D eigenvalue weighted by Crippen LogP contribution is 2.36. The molecule has 3 aromatic carbocycles. The van der Waals surface area contributed by atoms with Crippen LogP contribution in [0.15, 0.2) is 88.2 Å². The van der Waals surface area contributed by atoms with Crippen molar-refractivity contribution in [2.45, 2.75) is 11.5 Å². The number of hydrogen-bond acceptors (Lipinski definition) is 5. The summed E-state index contributed by atoms with van der Waals surface area (Å²) in [4.78, 5) is 4.39. The first-order chi connectivity index (χ1) is 14.4. The zero-order chi connectivity index (χ0) is 21.1. The minimum atomic E-state index is -4.00. The van der Waals surface area contributed by atoms with Crippen molar-refractivity contribution >= 4 is 10.0 Å². The largest absolute Gasteiger partial charge is 0.481 e. The third-order valence-electron chi connectivity index (χ3n) is 4.34. The number of sulfonamides is 1. The highest BCUT2D eigenvalue weighted by molar-refractivity contribution is 7.89. The van der Waals surface area contributed by atoms with Crippen molar-refractivity contribution in [1.82, 2.24) is 4.98 Å². The zero-order valence-corrected chi connectivity index (χ0v) is 16.5. The third-order valence-corrected chi connectivity index (χ3v) is 5.31. The van der Waals surface area contributed by atoms with E-state index in [4.69, 9.17) is 14.3 Å². The topological polar surface area (TPSA) is 95.4 Å². The molecular weight excluding hydrogens is 407 g/mol. The predicted molar refractivity (Wildman–Crippen MR) is 109 cm³/mol. The van der Waals surface area contributed by atoms with Crippen LogP contribution in [0.25, 0.3) is 22.6 Å². The van der Waals surface area contributed by atoms with Gasteiger partial charge in [0.2, 0.25) is 15.9 Å². The van der Waals surface area contributed by atoms with Gasteiger partial charge < -0.3 is 9.15 Å². The Labute approximate surface area is 172 Å². The van der Waals surface area contributed by atoms with Gasteiger partial charge in [0.15, 0.2) is 23.9 Å². The SMILES string of the molecule is NS(=O)(=O)c1ccccc1-c1oc(COc2ccccc2F)nc1-c1ccccc1. The van der Waals surface area contributed by atoms with Crippen LogP contribution >= 0.6 is 0 Å². The van der Waals surface area contributed by atoms with E-state index in [1.807, 2.05) is 30.3 Å². The van der Waals surface area contributed by atoms with E-state index in [0.717, 1.165) is 5.56 Å². The standard InChI is InChI=1S/C22H17FN2O4S/c23-17-11-5-6-12-18(17)28-14-20-25-21(15-8-2-1-3-9-15)22(29-20)16-10-4-7-13-19(16)30(24,26)27/h1-13H,14H2,(H2,24,26,27). The second-order valence-electron chi connectivity index (χ2n) is 6.41. The number of rotatable bonds is 6. The van der Waals surface area contributed by atoms with Gasteiger partial charge in [-0.05, 0) is 24.3 Å². The summed E-state index contributed by atoms with van der Waals surface area (Å²) in [5.74, 6) is -0.0510. The van der Waals surface area contributed by atoms with Crippen molar-refractivity contribution in [3.63, 3.8) is 0 Å². The number of primary sulfonamides is 1. The number of benzene rings is 3. The first-order valence-electron chi connectivity index (χ1n) is 8.98. The average Bonchev–Trinajstić information content (AvgIpc) is 3.17. The van der Waals surface area contributed by atoms with Crippen LogP contribution in [0, 0.1) is 5.82 Å². The van der Waals surface area contributed by atoms with E-state index in [1.54, 1.807) is 30.3 Å². The van der Waals surface area contributed by atoms with E-state index in [-0.39, 0.29) is 34.5 Å². The third kappa shape index (κ3) is 4.10. The minimum Gasteiger partial charge on any atom is -0.481 e. The number of ether oxygens (including phenoxy) is 1. The van der Waals surface area contributed by atoms with E-state index in [1.165, 1.54) is 18.2 Å². The molecule has 0 atom stereocenters. The van der Waals surface area contributed by atoms with E-state index >= 15 is 0 Å². The van der Waals surface area contributed by atoms with Crippen molar-refractivity contribution in [2.75, 3.05) is 0 Å². The fourth-order valence-corrected chi connectivity index (χ4v) is 3.74. The summed E-state index contributed by atoms with van der Waals surface area (Å²) in [6, 6.07) is 21.4. The van der Waals surface area contributed by atoms with Crippen LogP contribution in [0.4, 0.5) is 4.39 Å². The molecule has 0 bridgehead atoms. The van der Waals surface area contributed by atoms with E-state index in [2.05, 4.69) is 4.98 Å². The van der Waals surface area contributed by atoms with Crippen LogP contribution in [-0.4, -0.2) is 13.4 Å². The molecule has 30 heavy (non-hydrogen) atoms. The van der Waals surface area contributed by atoms with Crippen LogP contribution in [0.1, 0.15) is 5.89 Å². The Morgan fingerprint density at radius 2 is 1.60 bits per heavy atom. The molecule has 4 rings (SSSR count). The molecule has 0 saturated heterocycles. The van der Waals surface area contributed by atoms with Gasteiger partial charge in [-0.3, -0.25) is 0 Å². The van der Waals surface area contributed by atoms with Gasteiger partial charge in [0, 0.05) is 11.1 Å². The number of nitrogens with zero attached hydrogens (tertiary/aromatic N) is 1. The number of oxazole rings is 1. The number of hydrogen-bond donors (Lipinski definition) is 1. The number of para-hydroxylation sites is 1. The summed E-state index contributed by atoms with van der Waals surface area (Å²) in [6.07, 6.45) is 0. The van der Waals surface area contributed by atoms with Crippen LogP contribution in [0.5, 0.6) is 5.75 Å². The fraction of sp³-hybridized carbons (Fsp3) is 0.0455. The molecule has 1 heterocycles. The Balaban J connectivity index is 1.80. The van der Waals surface area contributed by atoms with Crippen molar-refractivity contribution < 1.29 is 22.0 Å².